The second kappa shape index (κ2) is 5.63. The fraction of sp³-hybridized carbons (Fsp3) is 0.600. The van der Waals surface area contributed by atoms with Crippen LogP contribution in [0.5, 0.6) is 0 Å². The standard InChI is InChI=1S/C15H22FN/c1-11-3-4-12(2)15(9-11)17-10-13-5-7-14(16)8-6-13/h5-8,11-12,15,17H,3-4,9-10H2,1-2H3. The quantitative estimate of drug-likeness (QED) is 0.841. The van der Waals surface area contributed by atoms with Crippen molar-refractivity contribution in [2.24, 2.45) is 11.8 Å². The van der Waals surface area contributed by atoms with Gasteiger partial charge < -0.3 is 5.32 Å². The zero-order valence-electron chi connectivity index (χ0n) is 10.7. The largest absolute Gasteiger partial charge is 0.310 e. The van der Waals surface area contributed by atoms with Gasteiger partial charge in [-0.05, 0) is 42.4 Å². The molecule has 0 aliphatic heterocycles. The SMILES string of the molecule is CC1CCC(C)C(NCc2ccc(F)cc2)C1. The van der Waals surface area contributed by atoms with Crippen LogP contribution in [0.25, 0.3) is 0 Å². The van der Waals surface area contributed by atoms with E-state index in [2.05, 4.69) is 19.2 Å². The number of nitrogens with one attached hydrogen (secondary N) is 1. The lowest BCUT2D eigenvalue weighted by Crippen LogP contribution is -2.39. The fourth-order valence-corrected chi connectivity index (χ4v) is 2.67. The lowest BCUT2D eigenvalue weighted by Gasteiger charge is -2.33. The number of rotatable bonds is 3. The van der Waals surface area contributed by atoms with Crippen LogP contribution in [-0.4, -0.2) is 6.04 Å². The van der Waals surface area contributed by atoms with Gasteiger partial charge in [-0.2, -0.15) is 0 Å². The van der Waals surface area contributed by atoms with Crippen LogP contribution in [0, 0.1) is 17.7 Å². The molecule has 94 valence electrons. The summed E-state index contributed by atoms with van der Waals surface area (Å²) in [5.74, 6) is 1.43. The van der Waals surface area contributed by atoms with Gasteiger partial charge in [-0.1, -0.05) is 32.4 Å². The highest BCUT2D eigenvalue weighted by Gasteiger charge is 2.24. The smallest absolute Gasteiger partial charge is 0.123 e. The predicted molar refractivity (Wildman–Crippen MR) is 69.2 cm³/mol. The highest BCUT2D eigenvalue weighted by Crippen LogP contribution is 2.28. The van der Waals surface area contributed by atoms with Crippen LogP contribution >= 0.6 is 0 Å². The molecule has 0 aromatic heterocycles. The summed E-state index contributed by atoms with van der Waals surface area (Å²) in [6.45, 7) is 5.51. The summed E-state index contributed by atoms with van der Waals surface area (Å²) in [6, 6.07) is 7.40. The molecule has 0 saturated heterocycles. The Balaban J connectivity index is 1.86. The summed E-state index contributed by atoms with van der Waals surface area (Å²) < 4.78 is 12.8. The molecule has 1 nitrogen and oxygen atoms in total. The Morgan fingerprint density at radius 2 is 1.88 bits per heavy atom. The van der Waals surface area contributed by atoms with Crippen molar-refractivity contribution in [1.82, 2.24) is 5.32 Å². The topological polar surface area (TPSA) is 12.0 Å². The number of benzene rings is 1. The van der Waals surface area contributed by atoms with Crippen LogP contribution in [0.4, 0.5) is 4.39 Å². The van der Waals surface area contributed by atoms with E-state index in [4.69, 9.17) is 0 Å². The first-order valence-corrected chi connectivity index (χ1v) is 6.63. The maximum absolute atomic E-state index is 12.8. The minimum absolute atomic E-state index is 0.159. The van der Waals surface area contributed by atoms with Crippen LogP contribution in [0.15, 0.2) is 24.3 Å². The monoisotopic (exact) mass is 235 g/mol. The van der Waals surface area contributed by atoms with Crippen LogP contribution in [-0.2, 0) is 6.54 Å². The number of hydrogen-bond acceptors (Lipinski definition) is 1. The molecule has 2 heteroatoms. The Labute approximate surface area is 103 Å². The second-order valence-electron chi connectivity index (χ2n) is 5.51. The van der Waals surface area contributed by atoms with E-state index in [1.54, 1.807) is 0 Å². The van der Waals surface area contributed by atoms with Crippen molar-refractivity contribution in [3.8, 4) is 0 Å². The van der Waals surface area contributed by atoms with Crippen molar-refractivity contribution in [2.45, 2.75) is 45.7 Å². The molecule has 0 bridgehead atoms. The second-order valence-corrected chi connectivity index (χ2v) is 5.51. The van der Waals surface area contributed by atoms with E-state index in [1.807, 2.05) is 12.1 Å². The van der Waals surface area contributed by atoms with E-state index in [0.717, 1.165) is 23.9 Å². The highest BCUT2D eigenvalue weighted by atomic mass is 19.1. The van der Waals surface area contributed by atoms with Crippen molar-refractivity contribution in [2.75, 3.05) is 0 Å². The van der Waals surface area contributed by atoms with Gasteiger partial charge in [-0.25, -0.2) is 4.39 Å². The highest BCUT2D eigenvalue weighted by molar-refractivity contribution is 5.15. The Bertz CT molecular complexity index is 346. The Hall–Kier alpha value is -0.890. The number of hydrogen-bond donors (Lipinski definition) is 1. The predicted octanol–water partition coefficient (Wildman–Crippen LogP) is 3.74. The molecule has 3 unspecified atom stereocenters. The fourth-order valence-electron chi connectivity index (χ4n) is 2.67. The molecule has 1 saturated carbocycles. The van der Waals surface area contributed by atoms with Gasteiger partial charge in [0.15, 0.2) is 0 Å². The Kier molecular flexibility index (Phi) is 4.16. The van der Waals surface area contributed by atoms with Gasteiger partial charge in [-0.3, -0.25) is 0 Å². The van der Waals surface area contributed by atoms with E-state index < -0.39 is 0 Å². The molecule has 0 spiro atoms. The molecule has 1 aliphatic rings. The van der Waals surface area contributed by atoms with Gasteiger partial charge in [0.2, 0.25) is 0 Å². The molecule has 1 aromatic carbocycles. The summed E-state index contributed by atoms with van der Waals surface area (Å²) in [6.07, 6.45) is 3.94. The summed E-state index contributed by atoms with van der Waals surface area (Å²) >= 11 is 0. The number of halogens is 1. The van der Waals surface area contributed by atoms with Crippen LogP contribution in [0.3, 0.4) is 0 Å². The maximum Gasteiger partial charge on any atom is 0.123 e. The lowest BCUT2D eigenvalue weighted by atomic mass is 9.80. The average Bonchev–Trinajstić information content (AvgIpc) is 2.32. The normalized spacial score (nSPS) is 29.2. The van der Waals surface area contributed by atoms with Gasteiger partial charge in [0.05, 0.1) is 0 Å². The van der Waals surface area contributed by atoms with E-state index in [-0.39, 0.29) is 5.82 Å². The molecular weight excluding hydrogens is 213 g/mol. The summed E-state index contributed by atoms with van der Waals surface area (Å²) in [5.41, 5.74) is 1.16. The molecule has 17 heavy (non-hydrogen) atoms. The minimum atomic E-state index is -0.159. The summed E-state index contributed by atoms with van der Waals surface area (Å²) in [5, 5.41) is 3.62. The molecule has 0 heterocycles. The molecular formula is C15H22FN. The van der Waals surface area contributed by atoms with Crippen molar-refractivity contribution < 1.29 is 4.39 Å². The molecule has 1 aliphatic carbocycles. The first kappa shape index (κ1) is 12.6. The zero-order valence-corrected chi connectivity index (χ0v) is 10.7. The van der Waals surface area contributed by atoms with Gasteiger partial charge >= 0.3 is 0 Å². The molecule has 3 atom stereocenters. The van der Waals surface area contributed by atoms with Crippen LogP contribution in [0.2, 0.25) is 0 Å². The third-order valence-electron chi connectivity index (χ3n) is 3.94. The van der Waals surface area contributed by atoms with Gasteiger partial charge in [-0.15, -0.1) is 0 Å². The van der Waals surface area contributed by atoms with E-state index in [9.17, 15) is 4.39 Å². The third kappa shape index (κ3) is 3.53. The van der Waals surface area contributed by atoms with E-state index in [1.165, 1.54) is 31.4 Å². The first-order valence-electron chi connectivity index (χ1n) is 6.63. The summed E-state index contributed by atoms with van der Waals surface area (Å²) in [4.78, 5) is 0. The van der Waals surface area contributed by atoms with Gasteiger partial charge in [0, 0.05) is 12.6 Å². The molecule has 1 fully saturated rings. The maximum atomic E-state index is 12.8. The Morgan fingerprint density at radius 1 is 1.18 bits per heavy atom. The molecule has 2 rings (SSSR count). The molecule has 0 radical (unpaired) electrons. The molecule has 1 N–H and O–H groups in total. The molecule has 1 aromatic rings. The van der Waals surface area contributed by atoms with E-state index in [0.29, 0.717) is 6.04 Å². The van der Waals surface area contributed by atoms with E-state index >= 15 is 0 Å². The van der Waals surface area contributed by atoms with Crippen molar-refractivity contribution in [1.29, 1.82) is 0 Å². The Morgan fingerprint density at radius 3 is 2.59 bits per heavy atom. The van der Waals surface area contributed by atoms with Gasteiger partial charge in [0.1, 0.15) is 5.82 Å². The van der Waals surface area contributed by atoms with Crippen molar-refractivity contribution >= 4 is 0 Å². The minimum Gasteiger partial charge on any atom is -0.310 e. The third-order valence-corrected chi connectivity index (χ3v) is 3.94. The zero-order chi connectivity index (χ0) is 12.3. The van der Waals surface area contributed by atoms with Crippen LogP contribution < -0.4 is 5.32 Å². The molecule has 0 amide bonds. The van der Waals surface area contributed by atoms with Crippen LogP contribution in [0.1, 0.15) is 38.7 Å². The van der Waals surface area contributed by atoms with Crippen molar-refractivity contribution in [3.05, 3.63) is 35.6 Å². The van der Waals surface area contributed by atoms with Crippen molar-refractivity contribution in [3.63, 3.8) is 0 Å². The lowest BCUT2D eigenvalue weighted by molar-refractivity contribution is 0.227. The van der Waals surface area contributed by atoms with Gasteiger partial charge in [0.25, 0.3) is 0 Å². The summed E-state index contributed by atoms with van der Waals surface area (Å²) in [7, 11) is 0. The first-order chi connectivity index (χ1) is 8.15. The average molecular weight is 235 g/mol.